The van der Waals surface area contributed by atoms with Crippen LogP contribution in [-0.2, 0) is 0 Å². The fourth-order valence-corrected chi connectivity index (χ4v) is 3.40. The number of hydrogen-bond acceptors (Lipinski definition) is 5. The van der Waals surface area contributed by atoms with E-state index in [9.17, 15) is 9.59 Å². The largest absolute Gasteiger partial charge is 0.288 e. The third-order valence-electron chi connectivity index (χ3n) is 3.39. The minimum absolute atomic E-state index is 0.127. The van der Waals surface area contributed by atoms with Gasteiger partial charge in [-0.05, 0) is 12.1 Å². The molecule has 0 fully saturated rings. The second kappa shape index (κ2) is 4.43. The Morgan fingerprint density at radius 3 is 2.24 bits per heavy atom. The molecule has 0 saturated carbocycles. The molecule has 4 rings (SSSR count). The molecule has 0 amide bonds. The van der Waals surface area contributed by atoms with Crippen LogP contribution in [-0.4, -0.2) is 21.5 Å². The van der Waals surface area contributed by atoms with Gasteiger partial charge in [0, 0.05) is 29.1 Å². The van der Waals surface area contributed by atoms with E-state index in [0.29, 0.717) is 21.0 Å². The van der Waals surface area contributed by atoms with Crippen LogP contribution in [0.25, 0.3) is 10.6 Å². The van der Waals surface area contributed by atoms with E-state index in [1.54, 1.807) is 36.7 Å². The highest BCUT2D eigenvalue weighted by atomic mass is 32.1. The van der Waals surface area contributed by atoms with Gasteiger partial charge in [-0.2, -0.15) is 0 Å². The normalized spacial score (nSPS) is 13.0. The van der Waals surface area contributed by atoms with Crippen molar-refractivity contribution in [1.29, 1.82) is 0 Å². The first-order chi connectivity index (χ1) is 10.3. The standard InChI is InChI=1S/C16H8N2O2S/c19-13-10-3-1-2-4-11(10)14(20)15-12(13)18-16(21-15)9-5-7-17-8-6-9/h1-8H. The van der Waals surface area contributed by atoms with Crippen LogP contribution in [0.4, 0.5) is 0 Å². The lowest BCUT2D eigenvalue weighted by Gasteiger charge is -2.11. The Kier molecular flexibility index (Phi) is 2.55. The number of carbonyl (C=O) groups is 2. The van der Waals surface area contributed by atoms with Crippen molar-refractivity contribution in [3.05, 3.63) is 70.5 Å². The molecule has 0 unspecified atom stereocenters. The molecule has 3 aromatic rings. The van der Waals surface area contributed by atoms with E-state index in [-0.39, 0.29) is 17.3 Å². The van der Waals surface area contributed by atoms with Crippen molar-refractivity contribution in [2.24, 2.45) is 0 Å². The van der Waals surface area contributed by atoms with Crippen LogP contribution in [0, 0.1) is 0 Å². The topological polar surface area (TPSA) is 59.9 Å². The Balaban J connectivity index is 1.92. The Hall–Kier alpha value is -2.66. The van der Waals surface area contributed by atoms with Crippen molar-refractivity contribution in [1.82, 2.24) is 9.97 Å². The number of rotatable bonds is 1. The van der Waals surface area contributed by atoms with E-state index in [0.717, 1.165) is 5.56 Å². The van der Waals surface area contributed by atoms with Crippen molar-refractivity contribution < 1.29 is 9.59 Å². The Labute approximate surface area is 124 Å². The predicted octanol–water partition coefficient (Wildman–Crippen LogP) is 2.98. The molecule has 1 aliphatic rings. The van der Waals surface area contributed by atoms with E-state index in [1.165, 1.54) is 11.3 Å². The molecule has 5 heteroatoms. The molecular weight excluding hydrogens is 284 g/mol. The quantitative estimate of drug-likeness (QED) is 0.541. The first-order valence-electron chi connectivity index (χ1n) is 6.35. The van der Waals surface area contributed by atoms with Gasteiger partial charge in [0.15, 0.2) is 0 Å². The second-order valence-corrected chi connectivity index (χ2v) is 5.64. The van der Waals surface area contributed by atoms with E-state index in [4.69, 9.17) is 0 Å². The lowest BCUT2D eigenvalue weighted by Crippen LogP contribution is -2.19. The number of thiazole rings is 1. The van der Waals surface area contributed by atoms with Gasteiger partial charge in [-0.15, -0.1) is 11.3 Å². The Bertz CT molecular complexity index is 832. The lowest BCUT2D eigenvalue weighted by molar-refractivity contribution is 0.0979. The molecule has 21 heavy (non-hydrogen) atoms. The third kappa shape index (κ3) is 1.75. The number of fused-ring (bicyclic) bond motifs is 2. The number of carbonyl (C=O) groups excluding carboxylic acids is 2. The van der Waals surface area contributed by atoms with Crippen LogP contribution in [0.15, 0.2) is 48.8 Å². The summed E-state index contributed by atoms with van der Waals surface area (Å²) in [5.74, 6) is -0.310. The van der Waals surface area contributed by atoms with Gasteiger partial charge in [-0.3, -0.25) is 14.6 Å². The molecule has 0 N–H and O–H groups in total. The van der Waals surface area contributed by atoms with Crippen LogP contribution in [0.1, 0.15) is 31.3 Å². The Morgan fingerprint density at radius 1 is 0.857 bits per heavy atom. The van der Waals surface area contributed by atoms with Gasteiger partial charge in [0.2, 0.25) is 11.6 Å². The van der Waals surface area contributed by atoms with Crippen molar-refractivity contribution in [2.75, 3.05) is 0 Å². The van der Waals surface area contributed by atoms with Gasteiger partial charge in [0.05, 0.1) is 0 Å². The van der Waals surface area contributed by atoms with Gasteiger partial charge < -0.3 is 0 Å². The molecular formula is C16H8N2O2S. The highest BCUT2D eigenvalue weighted by Gasteiger charge is 2.33. The summed E-state index contributed by atoms with van der Waals surface area (Å²) in [6.45, 7) is 0. The van der Waals surface area contributed by atoms with Gasteiger partial charge in [-0.25, -0.2) is 4.98 Å². The van der Waals surface area contributed by atoms with Crippen LogP contribution in [0.5, 0.6) is 0 Å². The summed E-state index contributed by atoms with van der Waals surface area (Å²) in [5, 5.41) is 0.664. The lowest BCUT2D eigenvalue weighted by atomic mass is 9.91. The summed E-state index contributed by atoms with van der Waals surface area (Å²) in [6.07, 6.45) is 3.32. The highest BCUT2D eigenvalue weighted by Crippen LogP contribution is 2.34. The number of pyridine rings is 1. The minimum Gasteiger partial charge on any atom is -0.288 e. The van der Waals surface area contributed by atoms with Crippen LogP contribution in [0.2, 0.25) is 0 Å². The fraction of sp³-hybridized carbons (Fsp3) is 0. The zero-order valence-corrected chi connectivity index (χ0v) is 11.6. The number of aromatic nitrogens is 2. The predicted molar refractivity (Wildman–Crippen MR) is 78.7 cm³/mol. The second-order valence-electron chi connectivity index (χ2n) is 4.64. The van der Waals surface area contributed by atoms with E-state index < -0.39 is 0 Å². The molecule has 1 aliphatic carbocycles. The molecule has 4 nitrogen and oxygen atoms in total. The summed E-state index contributed by atoms with van der Waals surface area (Å²) in [6, 6.07) is 10.5. The van der Waals surface area contributed by atoms with E-state index in [2.05, 4.69) is 9.97 Å². The molecule has 0 radical (unpaired) electrons. The minimum atomic E-state index is -0.184. The molecule has 1 aromatic carbocycles. The summed E-state index contributed by atoms with van der Waals surface area (Å²) in [5.41, 5.74) is 2.01. The summed E-state index contributed by atoms with van der Waals surface area (Å²) >= 11 is 1.25. The molecule has 0 bridgehead atoms. The van der Waals surface area contributed by atoms with Crippen molar-refractivity contribution in [2.45, 2.75) is 0 Å². The molecule has 0 atom stereocenters. The SMILES string of the molecule is O=C1c2ccccc2C(=O)c2sc(-c3ccncc3)nc21. The van der Waals surface area contributed by atoms with Gasteiger partial charge in [0.25, 0.3) is 0 Å². The maximum absolute atomic E-state index is 12.5. The number of hydrogen-bond donors (Lipinski definition) is 0. The number of nitrogens with zero attached hydrogens (tertiary/aromatic N) is 2. The number of ketones is 2. The molecule has 0 saturated heterocycles. The summed E-state index contributed by atoms with van der Waals surface area (Å²) in [4.78, 5) is 33.7. The average Bonchev–Trinajstić information content (AvgIpc) is 2.99. The smallest absolute Gasteiger partial charge is 0.213 e. The molecule has 2 heterocycles. The number of benzene rings is 1. The zero-order valence-electron chi connectivity index (χ0n) is 10.7. The maximum atomic E-state index is 12.5. The molecule has 0 aliphatic heterocycles. The van der Waals surface area contributed by atoms with Crippen LogP contribution in [0.3, 0.4) is 0 Å². The maximum Gasteiger partial charge on any atom is 0.213 e. The summed E-state index contributed by atoms with van der Waals surface area (Å²) < 4.78 is 0. The van der Waals surface area contributed by atoms with Crippen LogP contribution >= 0.6 is 11.3 Å². The first-order valence-corrected chi connectivity index (χ1v) is 7.17. The van der Waals surface area contributed by atoms with Crippen LogP contribution < -0.4 is 0 Å². The van der Waals surface area contributed by atoms with Gasteiger partial charge in [-0.1, -0.05) is 24.3 Å². The van der Waals surface area contributed by atoms with Gasteiger partial charge >= 0.3 is 0 Å². The van der Waals surface area contributed by atoms with Crippen molar-refractivity contribution in [3.8, 4) is 10.6 Å². The van der Waals surface area contributed by atoms with E-state index >= 15 is 0 Å². The first kappa shape index (κ1) is 12.1. The molecule has 0 spiro atoms. The van der Waals surface area contributed by atoms with Gasteiger partial charge in [0.1, 0.15) is 15.6 Å². The Morgan fingerprint density at radius 2 is 1.52 bits per heavy atom. The average molecular weight is 292 g/mol. The van der Waals surface area contributed by atoms with Crippen molar-refractivity contribution in [3.63, 3.8) is 0 Å². The monoisotopic (exact) mass is 292 g/mol. The molecule has 100 valence electrons. The third-order valence-corrected chi connectivity index (χ3v) is 4.50. The van der Waals surface area contributed by atoms with Crippen molar-refractivity contribution >= 4 is 22.9 Å². The highest BCUT2D eigenvalue weighted by molar-refractivity contribution is 7.17. The van der Waals surface area contributed by atoms with E-state index in [1.807, 2.05) is 12.1 Å². The zero-order chi connectivity index (χ0) is 14.4. The summed E-state index contributed by atoms with van der Waals surface area (Å²) in [7, 11) is 0. The molecule has 2 aromatic heterocycles. The fourth-order valence-electron chi connectivity index (χ4n) is 2.37.